The van der Waals surface area contributed by atoms with E-state index in [0.29, 0.717) is 6.42 Å². The van der Waals surface area contributed by atoms with E-state index in [1.807, 2.05) is 0 Å². The van der Waals surface area contributed by atoms with Gasteiger partial charge in [-0.1, -0.05) is 0 Å². The van der Waals surface area contributed by atoms with Gasteiger partial charge in [-0.2, -0.15) is 0 Å². The Balaban J connectivity index is 1.97. The zero-order valence-electron chi connectivity index (χ0n) is 7.23. The van der Waals surface area contributed by atoms with E-state index in [0.717, 1.165) is 0 Å². The van der Waals surface area contributed by atoms with E-state index in [1.165, 1.54) is 0 Å². The summed E-state index contributed by atoms with van der Waals surface area (Å²) < 4.78 is 15.4. The van der Waals surface area contributed by atoms with Crippen molar-refractivity contribution >= 4 is 17.4 Å². The monoisotopic (exact) mass is 206 g/mol. The molecule has 0 saturated carbocycles. The quantitative estimate of drug-likeness (QED) is 0.493. The average molecular weight is 207 g/mol. The third-order valence-corrected chi connectivity index (χ3v) is 2.87. The van der Waals surface area contributed by atoms with Crippen LogP contribution in [0, 0.1) is 0 Å². The van der Waals surface area contributed by atoms with Gasteiger partial charge < -0.3 is 14.2 Å². The minimum atomic E-state index is -0.464. The highest BCUT2D eigenvalue weighted by atomic mass is 35.5. The molecule has 2 bridgehead atoms. The standard InChI is InChI=1S/C8H11ClO4/c1-11-3-12-8-5-2-4(10)7(13-5)6(8)9/h5-8H,2-3H2,1H3/t5-,6-,7+,8?/m1/s1. The number of rotatable bonds is 3. The topological polar surface area (TPSA) is 44.8 Å². The molecule has 2 heterocycles. The average Bonchev–Trinajstić information content (AvgIpc) is 2.59. The molecule has 2 rings (SSSR count). The number of halogens is 1. The number of ether oxygens (including phenoxy) is 3. The summed E-state index contributed by atoms with van der Waals surface area (Å²) in [6, 6.07) is 0. The first-order chi connectivity index (χ1) is 6.24. The highest BCUT2D eigenvalue weighted by Gasteiger charge is 2.54. The Morgan fingerprint density at radius 2 is 2.46 bits per heavy atom. The number of hydrogen-bond acceptors (Lipinski definition) is 4. The number of carbonyl (C=O) groups is 1. The number of alkyl halides is 1. The highest BCUT2D eigenvalue weighted by molar-refractivity contribution is 6.24. The molecule has 74 valence electrons. The molecule has 4 atom stereocenters. The van der Waals surface area contributed by atoms with Gasteiger partial charge in [0, 0.05) is 13.5 Å². The first-order valence-corrected chi connectivity index (χ1v) is 4.60. The summed E-state index contributed by atoms with van der Waals surface area (Å²) in [6.07, 6.45) is -0.421. The summed E-state index contributed by atoms with van der Waals surface area (Å²) >= 11 is 5.98. The Labute approximate surface area is 81.1 Å². The smallest absolute Gasteiger partial charge is 0.165 e. The van der Waals surface area contributed by atoms with Crippen LogP contribution in [0.25, 0.3) is 0 Å². The van der Waals surface area contributed by atoms with Gasteiger partial charge in [0.1, 0.15) is 19.0 Å². The summed E-state index contributed by atoms with van der Waals surface area (Å²) in [6.45, 7) is 0.189. The van der Waals surface area contributed by atoms with Crippen LogP contribution in [0.15, 0.2) is 0 Å². The second-order valence-corrected chi connectivity index (χ2v) is 3.75. The number of methoxy groups -OCH3 is 1. The first kappa shape index (κ1) is 9.40. The van der Waals surface area contributed by atoms with Crippen LogP contribution in [0.2, 0.25) is 0 Å². The van der Waals surface area contributed by atoms with Crippen LogP contribution in [-0.2, 0) is 19.0 Å². The van der Waals surface area contributed by atoms with Gasteiger partial charge in [0.15, 0.2) is 5.78 Å². The Morgan fingerprint density at radius 1 is 1.69 bits per heavy atom. The van der Waals surface area contributed by atoms with Gasteiger partial charge >= 0.3 is 0 Å². The van der Waals surface area contributed by atoms with Crippen molar-refractivity contribution in [3.63, 3.8) is 0 Å². The number of Topliss-reactive ketones (excluding diaryl/α,β-unsaturated/α-hetero) is 1. The fraction of sp³-hybridized carbons (Fsp3) is 0.875. The van der Waals surface area contributed by atoms with Crippen molar-refractivity contribution in [2.45, 2.75) is 30.1 Å². The molecular weight excluding hydrogens is 196 g/mol. The van der Waals surface area contributed by atoms with Gasteiger partial charge in [-0.15, -0.1) is 11.6 Å². The lowest BCUT2D eigenvalue weighted by molar-refractivity contribution is -0.123. The molecule has 4 nitrogen and oxygen atoms in total. The largest absolute Gasteiger partial charge is 0.362 e. The third kappa shape index (κ3) is 1.48. The molecule has 1 unspecified atom stereocenters. The van der Waals surface area contributed by atoms with Crippen molar-refractivity contribution in [1.29, 1.82) is 0 Å². The molecule has 2 aliphatic heterocycles. The van der Waals surface area contributed by atoms with Gasteiger partial charge in [0.2, 0.25) is 0 Å². The van der Waals surface area contributed by atoms with Crippen molar-refractivity contribution in [2.24, 2.45) is 0 Å². The predicted molar refractivity (Wildman–Crippen MR) is 44.7 cm³/mol. The molecule has 0 spiro atoms. The van der Waals surface area contributed by atoms with E-state index < -0.39 is 6.10 Å². The molecule has 2 aliphatic rings. The SMILES string of the molecule is COCOC1[C@H]2CC(=O)[C@H](O2)[C@H]1Cl. The minimum Gasteiger partial charge on any atom is -0.362 e. The zero-order chi connectivity index (χ0) is 9.42. The first-order valence-electron chi connectivity index (χ1n) is 4.17. The van der Waals surface area contributed by atoms with E-state index in [9.17, 15) is 4.79 Å². The van der Waals surface area contributed by atoms with Crippen LogP contribution in [0.5, 0.6) is 0 Å². The number of carbonyl (C=O) groups excluding carboxylic acids is 1. The second-order valence-electron chi connectivity index (χ2n) is 3.25. The summed E-state index contributed by atoms with van der Waals surface area (Å²) in [5.74, 6) is 0.0854. The van der Waals surface area contributed by atoms with Crippen molar-refractivity contribution < 1.29 is 19.0 Å². The van der Waals surface area contributed by atoms with Crippen molar-refractivity contribution in [2.75, 3.05) is 13.9 Å². The van der Waals surface area contributed by atoms with E-state index in [-0.39, 0.29) is 30.2 Å². The summed E-state index contributed by atoms with van der Waals surface area (Å²) in [7, 11) is 1.54. The fourth-order valence-electron chi connectivity index (χ4n) is 1.80. The molecular formula is C8H11ClO4. The molecule has 5 heteroatoms. The molecule has 13 heavy (non-hydrogen) atoms. The zero-order valence-corrected chi connectivity index (χ0v) is 7.99. The van der Waals surface area contributed by atoms with E-state index in [4.69, 9.17) is 25.8 Å². The Kier molecular flexibility index (Phi) is 2.55. The lowest BCUT2D eigenvalue weighted by Crippen LogP contribution is -2.40. The number of ketones is 1. The Hall–Kier alpha value is -0.160. The molecule has 0 N–H and O–H groups in total. The molecule has 0 amide bonds. The molecule has 0 aliphatic carbocycles. The van der Waals surface area contributed by atoms with Crippen molar-refractivity contribution in [1.82, 2.24) is 0 Å². The van der Waals surface area contributed by atoms with Crippen LogP contribution in [-0.4, -0.2) is 43.4 Å². The van der Waals surface area contributed by atoms with Crippen LogP contribution in [0.3, 0.4) is 0 Å². The summed E-state index contributed by atoms with van der Waals surface area (Å²) in [4.78, 5) is 11.2. The van der Waals surface area contributed by atoms with Gasteiger partial charge in [-0.3, -0.25) is 4.79 Å². The molecule has 0 aromatic rings. The fourth-order valence-corrected chi connectivity index (χ4v) is 2.23. The Morgan fingerprint density at radius 3 is 3.00 bits per heavy atom. The normalized spacial score (nSPS) is 43.1. The summed E-state index contributed by atoms with van der Waals surface area (Å²) in [5.41, 5.74) is 0. The number of fused-ring (bicyclic) bond motifs is 2. The molecule has 2 saturated heterocycles. The minimum absolute atomic E-state index is 0.0854. The lowest BCUT2D eigenvalue weighted by Gasteiger charge is -2.22. The molecule has 0 aromatic carbocycles. The van der Waals surface area contributed by atoms with Gasteiger partial charge in [0.05, 0.1) is 11.5 Å². The second kappa shape index (κ2) is 3.53. The Bertz CT molecular complexity index is 218. The third-order valence-electron chi connectivity index (χ3n) is 2.39. The van der Waals surface area contributed by atoms with Crippen molar-refractivity contribution in [3.8, 4) is 0 Å². The summed E-state index contributed by atoms with van der Waals surface area (Å²) in [5, 5.41) is -0.360. The van der Waals surface area contributed by atoms with Crippen LogP contribution >= 0.6 is 11.6 Å². The number of hydrogen-bond donors (Lipinski definition) is 0. The lowest BCUT2D eigenvalue weighted by atomic mass is 9.96. The molecule has 0 aromatic heterocycles. The van der Waals surface area contributed by atoms with Crippen LogP contribution in [0.1, 0.15) is 6.42 Å². The maximum atomic E-state index is 11.2. The van der Waals surface area contributed by atoms with E-state index in [2.05, 4.69) is 0 Å². The maximum absolute atomic E-state index is 11.2. The van der Waals surface area contributed by atoms with Gasteiger partial charge in [0.25, 0.3) is 0 Å². The van der Waals surface area contributed by atoms with Crippen LogP contribution < -0.4 is 0 Å². The van der Waals surface area contributed by atoms with Gasteiger partial charge in [-0.05, 0) is 0 Å². The van der Waals surface area contributed by atoms with Gasteiger partial charge in [-0.25, -0.2) is 0 Å². The highest BCUT2D eigenvalue weighted by Crippen LogP contribution is 2.37. The van der Waals surface area contributed by atoms with Crippen LogP contribution in [0.4, 0.5) is 0 Å². The van der Waals surface area contributed by atoms with Crippen molar-refractivity contribution in [3.05, 3.63) is 0 Å². The van der Waals surface area contributed by atoms with E-state index >= 15 is 0 Å². The molecule has 2 fully saturated rings. The maximum Gasteiger partial charge on any atom is 0.165 e. The van der Waals surface area contributed by atoms with E-state index in [1.54, 1.807) is 7.11 Å². The molecule has 0 radical (unpaired) electrons. The predicted octanol–water partition coefficient (Wildman–Crippen LogP) is 0.323.